The Morgan fingerprint density at radius 2 is 1.73 bits per heavy atom. The van der Waals surface area contributed by atoms with Crippen molar-refractivity contribution in [2.45, 2.75) is 93.8 Å². The topological polar surface area (TPSA) is 255 Å². The van der Waals surface area contributed by atoms with E-state index in [1.807, 2.05) is 0 Å². The van der Waals surface area contributed by atoms with Crippen molar-refractivity contribution in [1.29, 1.82) is 0 Å². The number of aliphatic hydroxyl groups is 5. The van der Waals surface area contributed by atoms with Gasteiger partial charge in [0.25, 0.3) is 0 Å². The third kappa shape index (κ3) is 6.57. The van der Waals surface area contributed by atoms with Gasteiger partial charge in [0.1, 0.15) is 36.1 Å². The molecule has 16 heteroatoms. The van der Waals surface area contributed by atoms with Crippen LogP contribution in [0.25, 0.3) is 20.9 Å². The van der Waals surface area contributed by atoms with Gasteiger partial charge >= 0.3 is 6.09 Å². The first-order valence-corrected chi connectivity index (χ1v) is 10.2. The lowest BCUT2D eigenvalue weighted by atomic mass is 9.84. The van der Waals surface area contributed by atoms with Gasteiger partial charge < -0.3 is 45.1 Å². The number of nitrogens with one attached hydrogen (secondary N) is 1. The Kier molecular flexibility index (Phi) is 9.08. The minimum atomic E-state index is -1.72. The molecule has 10 atom stereocenters. The molecule has 0 aromatic carbocycles. The standard InChI is InChI=1S/C17H29N7O9/c1-17(2,3)33-16(30)20-6-4-7(21-23-18)14(13(29)10(6)26)32-15-9(22-24-19)12(28)11(27)8(5-25)31-15/h6-15,25-29H,4-5H2,1-3H3,(H,20,30)/t6-,7?,8?,9?,10?,11-,12+,13+,14-,15-/m0/s1. The molecular formula is C17H29N7O9. The van der Waals surface area contributed by atoms with Crippen LogP contribution in [0.4, 0.5) is 4.79 Å². The van der Waals surface area contributed by atoms with E-state index in [1.165, 1.54) is 0 Å². The second-order valence-corrected chi connectivity index (χ2v) is 8.74. The van der Waals surface area contributed by atoms with Crippen LogP contribution in [-0.4, -0.2) is 105 Å². The molecule has 0 aromatic heterocycles. The normalized spacial score (nSPS) is 39.0. The molecule has 1 amide bonds. The highest BCUT2D eigenvalue weighted by Crippen LogP contribution is 2.31. The Morgan fingerprint density at radius 3 is 2.27 bits per heavy atom. The average Bonchev–Trinajstić information content (AvgIpc) is 2.72. The summed E-state index contributed by atoms with van der Waals surface area (Å²) in [5, 5.41) is 60.2. The third-order valence-electron chi connectivity index (χ3n) is 5.20. The molecule has 1 heterocycles. The second-order valence-electron chi connectivity index (χ2n) is 8.74. The lowest BCUT2D eigenvalue weighted by Crippen LogP contribution is -2.64. The zero-order chi connectivity index (χ0) is 24.9. The van der Waals surface area contributed by atoms with Gasteiger partial charge in [0.15, 0.2) is 6.29 Å². The maximum Gasteiger partial charge on any atom is 0.407 e. The molecule has 1 aliphatic heterocycles. The van der Waals surface area contributed by atoms with Crippen LogP contribution in [-0.2, 0) is 14.2 Å². The van der Waals surface area contributed by atoms with Gasteiger partial charge in [0.2, 0.25) is 0 Å². The number of amides is 1. The van der Waals surface area contributed by atoms with E-state index in [4.69, 9.17) is 25.3 Å². The summed E-state index contributed by atoms with van der Waals surface area (Å²) < 4.78 is 16.2. The molecule has 0 radical (unpaired) electrons. The van der Waals surface area contributed by atoms with Crippen molar-refractivity contribution in [2.24, 2.45) is 10.2 Å². The molecule has 0 bridgehead atoms. The van der Waals surface area contributed by atoms with Crippen molar-refractivity contribution < 1.29 is 44.5 Å². The number of carbonyl (C=O) groups excluding carboxylic acids is 1. The van der Waals surface area contributed by atoms with Crippen LogP contribution in [0.15, 0.2) is 10.2 Å². The number of hydrogen-bond acceptors (Lipinski definition) is 11. The van der Waals surface area contributed by atoms with Crippen molar-refractivity contribution >= 4 is 6.09 Å². The Hall–Kier alpha value is -2.39. The van der Waals surface area contributed by atoms with Gasteiger partial charge in [0, 0.05) is 9.82 Å². The molecule has 1 saturated carbocycles. The third-order valence-corrected chi connectivity index (χ3v) is 5.20. The molecule has 16 nitrogen and oxygen atoms in total. The minimum absolute atomic E-state index is 0.167. The van der Waals surface area contributed by atoms with E-state index in [1.54, 1.807) is 20.8 Å². The van der Waals surface area contributed by atoms with Gasteiger partial charge in [-0.05, 0) is 38.3 Å². The molecule has 6 N–H and O–H groups in total. The number of hydrogen-bond donors (Lipinski definition) is 6. The number of carbonyl (C=O) groups is 1. The number of rotatable bonds is 6. The summed E-state index contributed by atoms with van der Waals surface area (Å²) in [7, 11) is 0. The van der Waals surface area contributed by atoms with Crippen LogP contribution >= 0.6 is 0 Å². The molecule has 0 spiro atoms. The summed E-state index contributed by atoms with van der Waals surface area (Å²) in [5.74, 6) is 0. The van der Waals surface area contributed by atoms with Crippen molar-refractivity contribution in [2.75, 3.05) is 6.61 Å². The minimum Gasteiger partial charge on any atom is -0.444 e. The summed E-state index contributed by atoms with van der Waals surface area (Å²) in [5.41, 5.74) is 16.9. The largest absolute Gasteiger partial charge is 0.444 e. The van der Waals surface area contributed by atoms with Crippen molar-refractivity contribution in [3.8, 4) is 0 Å². The highest BCUT2D eigenvalue weighted by molar-refractivity contribution is 5.68. The Balaban J connectivity index is 2.24. The van der Waals surface area contributed by atoms with Gasteiger partial charge in [0.05, 0.1) is 30.9 Å². The van der Waals surface area contributed by atoms with Crippen LogP contribution in [0, 0.1) is 0 Å². The summed E-state index contributed by atoms with van der Waals surface area (Å²) in [6, 6.07) is -3.69. The average molecular weight is 475 g/mol. The first-order valence-electron chi connectivity index (χ1n) is 10.2. The Morgan fingerprint density at radius 1 is 1.09 bits per heavy atom. The van der Waals surface area contributed by atoms with Crippen LogP contribution in [0.3, 0.4) is 0 Å². The maximum atomic E-state index is 12.1. The summed E-state index contributed by atoms with van der Waals surface area (Å²) >= 11 is 0. The van der Waals surface area contributed by atoms with Gasteiger partial charge in [-0.25, -0.2) is 4.79 Å². The number of ether oxygens (including phenoxy) is 3. The van der Waals surface area contributed by atoms with E-state index < -0.39 is 79.3 Å². The van der Waals surface area contributed by atoms with E-state index in [-0.39, 0.29) is 6.42 Å². The molecule has 0 aromatic rings. The molecule has 1 aliphatic carbocycles. The lowest BCUT2D eigenvalue weighted by Gasteiger charge is -2.45. The highest BCUT2D eigenvalue weighted by atomic mass is 16.7. The number of azide groups is 2. The first kappa shape index (κ1) is 26.9. The molecule has 2 fully saturated rings. The molecule has 186 valence electrons. The van der Waals surface area contributed by atoms with E-state index in [9.17, 15) is 30.3 Å². The summed E-state index contributed by atoms with van der Waals surface area (Å²) in [6.07, 6.45) is -11.9. The Labute approximate surface area is 188 Å². The molecule has 33 heavy (non-hydrogen) atoms. The van der Waals surface area contributed by atoms with E-state index in [0.29, 0.717) is 0 Å². The number of aliphatic hydroxyl groups excluding tert-OH is 5. The summed E-state index contributed by atoms with van der Waals surface area (Å²) in [4.78, 5) is 17.4. The zero-order valence-corrected chi connectivity index (χ0v) is 18.2. The van der Waals surface area contributed by atoms with Crippen LogP contribution in [0.1, 0.15) is 27.2 Å². The smallest absolute Gasteiger partial charge is 0.407 e. The van der Waals surface area contributed by atoms with E-state index in [2.05, 4.69) is 25.4 Å². The van der Waals surface area contributed by atoms with Gasteiger partial charge in [-0.15, -0.1) is 0 Å². The lowest BCUT2D eigenvalue weighted by molar-refractivity contribution is -0.294. The predicted molar refractivity (Wildman–Crippen MR) is 108 cm³/mol. The molecule has 1 saturated heterocycles. The monoisotopic (exact) mass is 475 g/mol. The van der Waals surface area contributed by atoms with Crippen LogP contribution < -0.4 is 5.32 Å². The predicted octanol–water partition coefficient (Wildman–Crippen LogP) is -0.813. The Bertz CT molecular complexity index is 783. The fourth-order valence-corrected chi connectivity index (χ4v) is 3.66. The van der Waals surface area contributed by atoms with Gasteiger partial charge in [-0.2, -0.15) is 0 Å². The van der Waals surface area contributed by atoms with Crippen LogP contribution in [0.2, 0.25) is 0 Å². The second kappa shape index (κ2) is 11.2. The van der Waals surface area contributed by atoms with Crippen molar-refractivity contribution in [3.63, 3.8) is 0 Å². The van der Waals surface area contributed by atoms with E-state index in [0.717, 1.165) is 0 Å². The SMILES string of the molecule is CC(C)(C)OC(=O)N[C@H]1CC(N=[N+]=[N-])[C@H](O[C@@H]2OC(CO)[C@H](O)[C@H](O)C2N=[N+]=[N-])[C@H](O)C1O. The maximum absolute atomic E-state index is 12.1. The van der Waals surface area contributed by atoms with E-state index >= 15 is 0 Å². The fraction of sp³-hybridized carbons (Fsp3) is 0.941. The zero-order valence-electron chi connectivity index (χ0n) is 18.2. The van der Waals surface area contributed by atoms with Crippen molar-refractivity contribution in [3.05, 3.63) is 20.9 Å². The van der Waals surface area contributed by atoms with Crippen molar-refractivity contribution in [1.82, 2.24) is 5.32 Å². The van der Waals surface area contributed by atoms with Crippen LogP contribution in [0.5, 0.6) is 0 Å². The van der Waals surface area contributed by atoms with Gasteiger partial charge in [-0.3, -0.25) is 0 Å². The van der Waals surface area contributed by atoms with Gasteiger partial charge in [-0.1, -0.05) is 10.2 Å². The number of nitrogens with zero attached hydrogens (tertiary/aromatic N) is 6. The molecule has 2 aliphatic rings. The quantitative estimate of drug-likeness (QED) is 0.159. The highest BCUT2D eigenvalue weighted by Gasteiger charge is 2.50. The molecule has 4 unspecified atom stereocenters. The molecule has 2 rings (SSSR count). The number of alkyl carbamates (subject to hydrolysis) is 1. The fourth-order valence-electron chi connectivity index (χ4n) is 3.66. The summed E-state index contributed by atoms with van der Waals surface area (Å²) in [6.45, 7) is 4.21. The first-order chi connectivity index (χ1) is 15.4. The molecular weight excluding hydrogens is 446 g/mol.